The highest BCUT2D eigenvalue weighted by atomic mass is 19.4. The predicted molar refractivity (Wildman–Crippen MR) is 80.7 cm³/mol. The van der Waals surface area contributed by atoms with Crippen LogP contribution in [0.15, 0.2) is 36.5 Å². The number of anilines is 2. The molecule has 0 atom stereocenters. The number of carbonyl (C=O) groups is 1. The third kappa shape index (κ3) is 4.13. The fraction of sp³-hybridized carbons (Fsp3) is 0.133. The summed E-state index contributed by atoms with van der Waals surface area (Å²) in [7, 11) is 0. The molecular formula is C15H12F3N5O. The molecule has 124 valence electrons. The highest BCUT2D eigenvalue weighted by Crippen LogP contribution is 2.33. The largest absolute Gasteiger partial charge is 0.417 e. The molecular weight excluding hydrogens is 323 g/mol. The number of alkyl halides is 3. The van der Waals surface area contributed by atoms with Crippen molar-refractivity contribution < 1.29 is 18.0 Å². The van der Waals surface area contributed by atoms with E-state index in [0.717, 1.165) is 6.07 Å². The number of pyridine rings is 1. The summed E-state index contributed by atoms with van der Waals surface area (Å²) in [5.74, 6) is 0.246. The third-order valence-electron chi connectivity index (χ3n) is 3.07. The van der Waals surface area contributed by atoms with Gasteiger partial charge in [-0.2, -0.15) is 18.4 Å². The Bertz CT molecular complexity index is 798. The van der Waals surface area contributed by atoms with Crippen molar-refractivity contribution in [2.45, 2.75) is 12.7 Å². The highest BCUT2D eigenvalue weighted by molar-refractivity contribution is 5.89. The number of benzene rings is 1. The first-order chi connectivity index (χ1) is 11.3. The first-order valence-corrected chi connectivity index (χ1v) is 6.67. The number of nitrogen functional groups attached to an aromatic ring is 1. The molecule has 0 fully saturated rings. The number of halogens is 3. The summed E-state index contributed by atoms with van der Waals surface area (Å²) < 4.78 is 38.6. The molecule has 0 aliphatic carbocycles. The molecule has 0 aliphatic heterocycles. The molecule has 1 aromatic carbocycles. The van der Waals surface area contributed by atoms with Crippen LogP contribution < -0.4 is 16.4 Å². The lowest BCUT2D eigenvalue weighted by Gasteiger charge is -2.12. The molecule has 0 radical (unpaired) electrons. The number of nitriles is 1. The SMILES string of the molecule is N#Cc1ccc(NC(=O)NCc2cccnc2N)cc1C(F)(F)F. The molecule has 9 heteroatoms. The van der Waals surface area contributed by atoms with Gasteiger partial charge in [-0.3, -0.25) is 0 Å². The van der Waals surface area contributed by atoms with E-state index in [1.807, 2.05) is 0 Å². The molecule has 0 aliphatic rings. The lowest BCUT2D eigenvalue weighted by atomic mass is 10.1. The summed E-state index contributed by atoms with van der Waals surface area (Å²) in [6, 6.07) is 6.97. The third-order valence-corrected chi connectivity index (χ3v) is 3.07. The van der Waals surface area contributed by atoms with Gasteiger partial charge in [-0.15, -0.1) is 0 Å². The second-order valence-corrected chi connectivity index (χ2v) is 4.73. The number of rotatable bonds is 3. The van der Waals surface area contributed by atoms with Gasteiger partial charge in [-0.1, -0.05) is 6.07 Å². The van der Waals surface area contributed by atoms with E-state index >= 15 is 0 Å². The topological polar surface area (TPSA) is 104 Å². The van der Waals surface area contributed by atoms with Crippen molar-refractivity contribution in [1.82, 2.24) is 10.3 Å². The zero-order valence-electron chi connectivity index (χ0n) is 12.2. The summed E-state index contributed by atoms with van der Waals surface area (Å²) in [6.45, 7) is 0.0634. The molecule has 0 saturated heterocycles. The molecule has 2 amide bonds. The van der Waals surface area contributed by atoms with Crippen LogP contribution >= 0.6 is 0 Å². The van der Waals surface area contributed by atoms with Crippen LogP contribution in [0, 0.1) is 11.3 Å². The van der Waals surface area contributed by atoms with Crippen molar-refractivity contribution in [2.24, 2.45) is 0 Å². The van der Waals surface area contributed by atoms with Crippen LogP contribution in [0.25, 0.3) is 0 Å². The summed E-state index contributed by atoms with van der Waals surface area (Å²) in [6.07, 6.45) is -3.20. The Morgan fingerprint density at radius 2 is 2.08 bits per heavy atom. The number of nitrogens with two attached hydrogens (primary N) is 1. The van der Waals surface area contributed by atoms with Gasteiger partial charge in [0.2, 0.25) is 0 Å². The molecule has 0 unspecified atom stereocenters. The zero-order valence-corrected chi connectivity index (χ0v) is 12.2. The van der Waals surface area contributed by atoms with Crippen LogP contribution in [0.2, 0.25) is 0 Å². The van der Waals surface area contributed by atoms with Crippen molar-refractivity contribution in [2.75, 3.05) is 11.1 Å². The second kappa shape index (κ2) is 6.87. The Morgan fingerprint density at radius 1 is 1.33 bits per heavy atom. The monoisotopic (exact) mass is 335 g/mol. The fourth-order valence-corrected chi connectivity index (χ4v) is 1.91. The Kier molecular flexibility index (Phi) is 4.89. The molecule has 2 aromatic rings. The van der Waals surface area contributed by atoms with Crippen LogP contribution in [0.1, 0.15) is 16.7 Å². The molecule has 1 heterocycles. The van der Waals surface area contributed by atoms with Gasteiger partial charge in [0.1, 0.15) is 5.82 Å². The van der Waals surface area contributed by atoms with E-state index < -0.39 is 23.3 Å². The minimum Gasteiger partial charge on any atom is -0.383 e. The van der Waals surface area contributed by atoms with Gasteiger partial charge in [0.15, 0.2) is 0 Å². The van der Waals surface area contributed by atoms with E-state index in [2.05, 4.69) is 15.6 Å². The van der Waals surface area contributed by atoms with Crippen molar-refractivity contribution in [1.29, 1.82) is 5.26 Å². The van der Waals surface area contributed by atoms with Crippen LogP contribution in [0.3, 0.4) is 0 Å². The van der Waals surface area contributed by atoms with Crippen LogP contribution in [0.4, 0.5) is 29.5 Å². The standard InChI is InChI=1S/C15H12F3N5O/c16-15(17,18)12-6-11(4-3-9(12)7-19)23-14(24)22-8-10-2-1-5-21-13(10)20/h1-6H,8H2,(H2,20,21)(H2,22,23,24). The summed E-state index contributed by atoms with van der Waals surface area (Å²) >= 11 is 0. The van der Waals surface area contributed by atoms with Crippen LogP contribution in [-0.2, 0) is 12.7 Å². The molecule has 4 N–H and O–H groups in total. The Labute approximate surface area is 135 Å². The maximum Gasteiger partial charge on any atom is 0.417 e. The van der Waals surface area contributed by atoms with Gasteiger partial charge in [0, 0.05) is 24.0 Å². The van der Waals surface area contributed by atoms with Crippen molar-refractivity contribution in [3.8, 4) is 6.07 Å². The minimum atomic E-state index is -4.69. The number of carbonyl (C=O) groups excluding carboxylic acids is 1. The number of nitrogens with one attached hydrogen (secondary N) is 2. The molecule has 6 nitrogen and oxygen atoms in total. The molecule has 0 bridgehead atoms. The highest BCUT2D eigenvalue weighted by Gasteiger charge is 2.33. The van der Waals surface area contributed by atoms with Crippen molar-refractivity contribution in [3.63, 3.8) is 0 Å². The van der Waals surface area contributed by atoms with Crippen LogP contribution in [-0.4, -0.2) is 11.0 Å². The quantitative estimate of drug-likeness (QED) is 0.802. The summed E-state index contributed by atoms with van der Waals surface area (Å²) in [5, 5.41) is 13.5. The van der Waals surface area contributed by atoms with Gasteiger partial charge in [0.25, 0.3) is 0 Å². The van der Waals surface area contributed by atoms with Gasteiger partial charge in [-0.05, 0) is 24.3 Å². The van der Waals surface area contributed by atoms with Crippen molar-refractivity contribution in [3.05, 3.63) is 53.2 Å². The summed E-state index contributed by atoms with van der Waals surface area (Å²) in [5.41, 5.74) is 4.48. The van der Waals surface area contributed by atoms with E-state index in [1.165, 1.54) is 18.3 Å². The molecule has 24 heavy (non-hydrogen) atoms. The summed E-state index contributed by atoms with van der Waals surface area (Å²) in [4.78, 5) is 15.6. The number of hydrogen-bond acceptors (Lipinski definition) is 4. The van der Waals surface area contributed by atoms with E-state index in [-0.39, 0.29) is 18.1 Å². The van der Waals surface area contributed by atoms with E-state index in [1.54, 1.807) is 12.1 Å². The number of hydrogen-bond donors (Lipinski definition) is 3. The van der Waals surface area contributed by atoms with E-state index in [0.29, 0.717) is 11.6 Å². The average Bonchev–Trinajstić information content (AvgIpc) is 2.53. The maximum atomic E-state index is 12.9. The van der Waals surface area contributed by atoms with Gasteiger partial charge in [0.05, 0.1) is 17.2 Å². The Balaban J connectivity index is 2.07. The first-order valence-electron chi connectivity index (χ1n) is 6.67. The Hall–Kier alpha value is -3.28. The maximum absolute atomic E-state index is 12.9. The van der Waals surface area contributed by atoms with E-state index in [9.17, 15) is 18.0 Å². The molecule has 1 aromatic heterocycles. The fourth-order valence-electron chi connectivity index (χ4n) is 1.91. The predicted octanol–water partition coefficient (Wildman–Crippen LogP) is 2.88. The van der Waals surface area contributed by atoms with Gasteiger partial charge in [-0.25, -0.2) is 9.78 Å². The van der Waals surface area contributed by atoms with Gasteiger partial charge < -0.3 is 16.4 Å². The lowest BCUT2D eigenvalue weighted by molar-refractivity contribution is -0.137. The zero-order chi connectivity index (χ0) is 17.7. The number of amides is 2. The average molecular weight is 335 g/mol. The minimum absolute atomic E-state index is 0.0634. The number of aromatic nitrogens is 1. The lowest BCUT2D eigenvalue weighted by Crippen LogP contribution is -2.28. The van der Waals surface area contributed by atoms with Crippen LogP contribution in [0.5, 0.6) is 0 Å². The van der Waals surface area contributed by atoms with E-state index in [4.69, 9.17) is 11.0 Å². The molecule has 0 saturated carbocycles. The number of urea groups is 1. The second-order valence-electron chi connectivity index (χ2n) is 4.73. The molecule has 0 spiro atoms. The molecule has 2 rings (SSSR count). The Morgan fingerprint density at radius 3 is 2.71 bits per heavy atom. The van der Waals surface area contributed by atoms with Crippen molar-refractivity contribution >= 4 is 17.5 Å². The number of nitrogens with zero attached hydrogens (tertiary/aromatic N) is 2. The van der Waals surface area contributed by atoms with Gasteiger partial charge >= 0.3 is 12.2 Å². The first kappa shape index (κ1) is 17.1. The smallest absolute Gasteiger partial charge is 0.383 e. The normalized spacial score (nSPS) is 10.8.